The van der Waals surface area contributed by atoms with Crippen LogP contribution in [-0.2, 0) is 16.2 Å². The molecule has 2 N–H and O–H groups in total. The van der Waals surface area contributed by atoms with Crippen molar-refractivity contribution >= 4 is 27.3 Å². The van der Waals surface area contributed by atoms with Gasteiger partial charge in [0.2, 0.25) is 27.5 Å². The minimum atomic E-state index is -4.71. The van der Waals surface area contributed by atoms with Crippen LogP contribution in [0.4, 0.5) is 24.8 Å². The van der Waals surface area contributed by atoms with Gasteiger partial charge in [-0.15, -0.1) is 5.10 Å². The van der Waals surface area contributed by atoms with Gasteiger partial charge < -0.3 is 10.1 Å². The van der Waals surface area contributed by atoms with Crippen molar-refractivity contribution in [1.29, 1.82) is 0 Å². The maximum Gasteiger partial charge on any atom is 0.438 e. The molecule has 0 unspecified atom stereocenters. The van der Waals surface area contributed by atoms with Crippen LogP contribution in [-0.4, -0.2) is 40.1 Å². The van der Waals surface area contributed by atoms with E-state index in [2.05, 4.69) is 25.1 Å². The van der Waals surface area contributed by atoms with Crippen molar-refractivity contribution in [3.8, 4) is 5.88 Å². The number of halogens is 3. The molecule has 0 radical (unpaired) electrons. The molecule has 4 rings (SSSR count). The SMILES string of the molecule is Cc1cc(S(=O)(=O)NC(C)C)ccc1Nc1nc2cnc(C(F)(F)F)c(OC3CCC3)n2n1.[HH].[HH]. The minimum absolute atomic E-state index is 0. The first-order valence-corrected chi connectivity index (χ1v) is 11.8. The first kappa shape index (κ1) is 23.2. The Bertz CT molecular complexity index is 1300. The lowest BCUT2D eigenvalue weighted by atomic mass is 9.96. The van der Waals surface area contributed by atoms with Crippen molar-refractivity contribution in [2.45, 2.75) is 63.3 Å². The molecule has 1 saturated carbocycles. The van der Waals surface area contributed by atoms with Gasteiger partial charge in [-0.2, -0.15) is 22.7 Å². The molecular weight excluding hydrogens is 461 g/mol. The van der Waals surface area contributed by atoms with E-state index in [1.54, 1.807) is 26.8 Å². The summed E-state index contributed by atoms with van der Waals surface area (Å²) in [7, 11) is -3.67. The van der Waals surface area contributed by atoms with E-state index >= 15 is 0 Å². The third-order valence-corrected chi connectivity index (χ3v) is 6.74. The van der Waals surface area contributed by atoms with E-state index in [0.29, 0.717) is 24.1 Å². The fourth-order valence-electron chi connectivity index (χ4n) is 3.28. The smallest absolute Gasteiger partial charge is 0.438 e. The monoisotopic (exact) mass is 488 g/mol. The van der Waals surface area contributed by atoms with Crippen LogP contribution < -0.4 is 14.8 Å². The predicted octanol–water partition coefficient (Wildman–Crippen LogP) is 4.31. The number of nitrogens with zero attached hydrogens (tertiary/aromatic N) is 4. The molecule has 0 amide bonds. The number of hydrogen-bond acceptors (Lipinski definition) is 7. The van der Waals surface area contributed by atoms with Crippen LogP contribution in [0.1, 0.15) is 47.2 Å². The third-order valence-electron chi connectivity index (χ3n) is 5.08. The van der Waals surface area contributed by atoms with Crippen LogP contribution in [0.15, 0.2) is 29.3 Å². The second-order valence-electron chi connectivity index (χ2n) is 8.16. The van der Waals surface area contributed by atoms with Gasteiger partial charge >= 0.3 is 6.18 Å². The molecule has 0 aliphatic heterocycles. The van der Waals surface area contributed by atoms with Crippen LogP contribution in [0.5, 0.6) is 5.88 Å². The third kappa shape index (κ3) is 4.88. The molecule has 1 aliphatic carbocycles. The van der Waals surface area contributed by atoms with E-state index in [1.807, 2.05) is 0 Å². The first-order valence-electron chi connectivity index (χ1n) is 10.3. The number of ether oxygens (including phenoxy) is 1. The van der Waals surface area contributed by atoms with E-state index in [4.69, 9.17) is 4.74 Å². The van der Waals surface area contributed by atoms with E-state index in [9.17, 15) is 21.6 Å². The normalized spacial score (nSPS) is 15.1. The molecule has 0 spiro atoms. The molecule has 0 bridgehead atoms. The molecule has 2 aromatic heterocycles. The highest BCUT2D eigenvalue weighted by Crippen LogP contribution is 2.37. The summed E-state index contributed by atoms with van der Waals surface area (Å²) in [6.07, 6.45) is -1.85. The summed E-state index contributed by atoms with van der Waals surface area (Å²) < 4.78 is 74.3. The van der Waals surface area contributed by atoms with Crippen LogP contribution in [0.2, 0.25) is 0 Å². The van der Waals surface area contributed by atoms with Crippen LogP contribution >= 0.6 is 0 Å². The number of sulfonamides is 1. The van der Waals surface area contributed by atoms with Crippen molar-refractivity contribution in [2.75, 3.05) is 5.32 Å². The van der Waals surface area contributed by atoms with Crippen molar-refractivity contribution in [1.82, 2.24) is 24.3 Å². The molecule has 33 heavy (non-hydrogen) atoms. The minimum Gasteiger partial charge on any atom is -0.473 e. The highest BCUT2D eigenvalue weighted by atomic mass is 32.2. The molecule has 182 valence electrons. The molecule has 1 fully saturated rings. The zero-order valence-electron chi connectivity index (χ0n) is 18.1. The molecule has 2 heterocycles. The number of aromatic nitrogens is 4. The number of nitrogens with one attached hydrogen (secondary N) is 2. The Morgan fingerprint density at radius 2 is 2.00 bits per heavy atom. The van der Waals surface area contributed by atoms with E-state index in [0.717, 1.165) is 17.1 Å². The van der Waals surface area contributed by atoms with Crippen LogP contribution in [0.25, 0.3) is 5.65 Å². The van der Waals surface area contributed by atoms with Gasteiger partial charge in [0, 0.05) is 14.6 Å². The van der Waals surface area contributed by atoms with Gasteiger partial charge in [0.05, 0.1) is 11.1 Å². The maximum absolute atomic E-state index is 13.5. The summed E-state index contributed by atoms with van der Waals surface area (Å²) >= 11 is 0. The van der Waals surface area contributed by atoms with Crippen molar-refractivity contribution in [2.24, 2.45) is 0 Å². The largest absolute Gasteiger partial charge is 0.473 e. The zero-order chi connectivity index (χ0) is 24.0. The van der Waals surface area contributed by atoms with Gasteiger partial charge in [-0.1, -0.05) is 0 Å². The summed E-state index contributed by atoms with van der Waals surface area (Å²) in [5.74, 6) is -0.475. The average molecular weight is 489 g/mol. The molecule has 0 saturated heterocycles. The summed E-state index contributed by atoms with van der Waals surface area (Å²) in [5, 5.41) is 7.07. The summed E-state index contributed by atoms with van der Waals surface area (Å²) in [6.45, 7) is 5.13. The van der Waals surface area contributed by atoms with Gasteiger partial charge in [0.25, 0.3) is 0 Å². The van der Waals surface area contributed by atoms with Gasteiger partial charge in [-0.3, -0.25) is 0 Å². The molecule has 13 heteroatoms. The number of aryl methyl sites for hydroxylation is 1. The fourth-order valence-corrected chi connectivity index (χ4v) is 4.61. The van der Waals surface area contributed by atoms with Gasteiger partial charge in [0.1, 0.15) is 6.10 Å². The number of benzene rings is 1. The van der Waals surface area contributed by atoms with Gasteiger partial charge in [0.15, 0.2) is 5.65 Å². The molecule has 1 aromatic carbocycles. The van der Waals surface area contributed by atoms with Gasteiger partial charge in [-0.25, -0.2) is 18.1 Å². The van der Waals surface area contributed by atoms with Crippen LogP contribution in [0.3, 0.4) is 0 Å². The lowest BCUT2D eigenvalue weighted by molar-refractivity contribution is -0.143. The molecule has 9 nitrogen and oxygen atoms in total. The Morgan fingerprint density at radius 1 is 1.27 bits per heavy atom. The molecule has 1 aliphatic rings. The highest BCUT2D eigenvalue weighted by Gasteiger charge is 2.39. The lowest BCUT2D eigenvalue weighted by Gasteiger charge is -2.27. The average Bonchev–Trinajstić information content (AvgIpc) is 3.07. The van der Waals surface area contributed by atoms with Crippen molar-refractivity contribution < 1.29 is 29.2 Å². The Labute approximate surface area is 191 Å². The Kier molecular flexibility index (Phi) is 5.95. The number of fused-ring (bicyclic) bond motifs is 1. The summed E-state index contributed by atoms with van der Waals surface area (Å²) in [6, 6.07) is 4.18. The topological polar surface area (TPSA) is 111 Å². The standard InChI is InChI=1S/C20H23F3N6O3S.2H2/c1-11(2)28-33(30,31)14-7-8-15(12(3)9-14)25-19-26-16-10-24-17(20(21,22)23)18(29(16)27-19)32-13-5-4-6-13;;/h7-11,13,28H,4-6H2,1-3H3,(H,25,27);2*1H. The Morgan fingerprint density at radius 3 is 2.58 bits per heavy atom. The Hall–Kier alpha value is -2.93. The fraction of sp³-hybridized carbons (Fsp3) is 0.450. The second-order valence-corrected chi connectivity index (χ2v) is 9.88. The number of anilines is 2. The van der Waals surface area contributed by atoms with E-state index < -0.39 is 27.8 Å². The summed E-state index contributed by atoms with van der Waals surface area (Å²) in [5.41, 5.74) is -0.0000434. The van der Waals surface area contributed by atoms with E-state index in [1.165, 1.54) is 12.1 Å². The first-order chi connectivity index (χ1) is 15.4. The number of hydrogen-bond donors (Lipinski definition) is 2. The number of alkyl halides is 3. The molecule has 0 atom stereocenters. The predicted molar refractivity (Wildman–Crippen MR) is 118 cm³/mol. The molecule has 3 aromatic rings. The van der Waals surface area contributed by atoms with E-state index in [-0.39, 0.29) is 31.5 Å². The second kappa shape index (κ2) is 8.45. The Balaban J connectivity index is 0.00000216. The lowest BCUT2D eigenvalue weighted by Crippen LogP contribution is -2.30. The summed E-state index contributed by atoms with van der Waals surface area (Å²) in [4.78, 5) is 7.80. The highest BCUT2D eigenvalue weighted by molar-refractivity contribution is 7.89. The zero-order valence-corrected chi connectivity index (χ0v) is 19.0. The van der Waals surface area contributed by atoms with Gasteiger partial charge in [-0.05, 0) is 63.8 Å². The quantitative estimate of drug-likeness (QED) is 0.510. The van der Waals surface area contributed by atoms with Crippen LogP contribution in [0, 0.1) is 6.92 Å². The number of rotatable bonds is 7. The van der Waals surface area contributed by atoms with Crippen molar-refractivity contribution in [3.63, 3.8) is 0 Å². The molecular formula is C20H27F3N6O3S. The maximum atomic E-state index is 13.5. The van der Waals surface area contributed by atoms with Crippen molar-refractivity contribution in [3.05, 3.63) is 35.7 Å².